The van der Waals surface area contributed by atoms with Crippen molar-refractivity contribution in [3.05, 3.63) is 41.4 Å². The molecule has 1 aliphatic carbocycles. The summed E-state index contributed by atoms with van der Waals surface area (Å²) in [7, 11) is 6.41. The van der Waals surface area contributed by atoms with Crippen molar-refractivity contribution in [2.75, 3.05) is 26.2 Å². The van der Waals surface area contributed by atoms with E-state index >= 15 is 0 Å². The minimum atomic E-state index is 0.133. The fourth-order valence-electron chi connectivity index (χ4n) is 4.18. The maximum absolute atomic E-state index is 13.3. The van der Waals surface area contributed by atoms with Gasteiger partial charge in [-0.2, -0.15) is 0 Å². The van der Waals surface area contributed by atoms with E-state index in [2.05, 4.69) is 34.7 Å². The number of piperidine rings is 1. The summed E-state index contributed by atoms with van der Waals surface area (Å²) in [5.41, 5.74) is 3.94. The third-order valence-corrected chi connectivity index (χ3v) is 5.91. The molecule has 155 valence electrons. The van der Waals surface area contributed by atoms with Crippen LogP contribution in [0.1, 0.15) is 57.4 Å². The Morgan fingerprint density at radius 2 is 1.97 bits per heavy atom. The second-order valence-electron chi connectivity index (χ2n) is 8.16. The summed E-state index contributed by atoms with van der Waals surface area (Å²) in [6.07, 6.45) is 11.7. The first kappa shape index (κ1) is 21.8. The maximum atomic E-state index is 13.3. The van der Waals surface area contributed by atoms with Crippen molar-refractivity contribution in [1.82, 2.24) is 20.5 Å². The molecule has 0 aromatic carbocycles. The van der Waals surface area contributed by atoms with Gasteiger partial charge in [-0.05, 0) is 0 Å². The van der Waals surface area contributed by atoms with Crippen LogP contribution in [-0.2, 0) is 11.2 Å². The number of amides is 1. The molecule has 1 unspecified atom stereocenters. The molecule has 0 spiro atoms. The van der Waals surface area contributed by atoms with Crippen LogP contribution in [0.5, 0.6) is 0 Å². The normalized spacial score (nSPS) is 21.7. The van der Waals surface area contributed by atoms with E-state index in [4.69, 9.17) is 7.49 Å². The Morgan fingerprint density at radius 3 is 2.69 bits per heavy atom. The van der Waals surface area contributed by atoms with E-state index in [1.165, 1.54) is 12.0 Å². The Kier molecular flexibility index (Phi) is 8.47. The molecular formula is C23H34BN4O. The number of carbonyl (C=O) groups is 1. The van der Waals surface area contributed by atoms with Crippen molar-refractivity contribution in [3.63, 3.8) is 0 Å². The molecule has 1 saturated carbocycles. The van der Waals surface area contributed by atoms with E-state index in [1.807, 2.05) is 17.3 Å². The van der Waals surface area contributed by atoms with Crippen molar-refractivity contribution in [2.24, 2.45) is 0 Å². The molecular weight excluding hydrogens is 359 g/mol. The van der Waals surface area contributed by atoms with Crippen LogP contribution in [0.25, 0.3) is 0 Å². The minimum absolute atomic E-state index is 0.133. The van der Waals surface area contributed by atoms with Gasteiger partial charge in [-0.3, -0.25) is 0 Å². The Balaban J connectivity index is 1.67. The van der Waals surface area contributed by atoms with Crippen LogP contribution in [0.3, 0.4) is 0 Å². The van der Waals surface area contributed by atoms with E-state index in [9.17, 15) is 4.79 Å². The van der Waals surface area contributed by atoms with Gasteiger partial charge in [0.1, 0.15) is 0 Å². The number of hydrogen-bond donors (Lipinski definition) is 2. The second kappa shape index (κ2) is 11.3. The molecule has 2 fully saturated rings. The van der Waals surface area contributed by atoms with Gasteiger partial charge in [0.05, 0.1) is 0 Å². The standard InChI is InChI=1S/C23H34BN4O/c1-2-11-27-22(23(29)28-15-4-3-5-16-28)20-17-19(6-7-21(20)24)26-14-10-18-8-12-25-13-9-18/h8-9,12-13,19,26-27H,2-7,10-11,14-17H2,1H3/b22-20-. The quantitative estimate of drug-likeness (QED) is 0.526. The number of carbonyl (C=O) groups excluding carboxylic acids is 1. The van der Waals surface area contributed by atoms with Gasteiger partial charge < -0.3 is 0 Å². The molecule has 2 heterocycles. The van der Waals surface area contributed by atoms with Crippen molar-refractivity contribution in [1.29, 1.82) is 0 Å². The van der Waals surface area contributed by atoms with Crippen LogP contribution < -0.4 is 10.6 Å². The number of rotatable bonds is 8. The van der Waals surface area contributed by atoms with Gasteiger partial charge in [0.2, 0.25) is 0 Å². The Labute approximate surface area is 176 Å². The van der Waals surface area contributed by atoms with Crippen LogP contribution in [0.15, 0.2) is 35.8 Å². The average Bonchev–Trinajstić information content (AvgIpc) is 2.77. The van der Waals surface area contributed by atoms with Gasteiger partial charge in [0.15, 0.2) is 0 Å². The topological polar surface area (TPSA) is 57.3 Å². The number of hydrogen-bond acceptors (Lipinski definition) is 4. The van der Waals surface area contributed by atoms with Crippen LogP contribution in [0, 0.1) is 0 Å². The molecule has 1 atom stereocenters. The first-order chi connectivity index (χ1) is 14.2. The zero-order valence-corrected chi connectivity index (χ0v) is 17.8. The summed E-state index contributed by atoms with van der Waals surface area (Å²) in [4.78, 5) is 19.3. The molecule has 2 N–H and O–H groups in total. The van der Waals surface area contributed by atoms with Crippen molar-refractivity contribution in [3.8, 4) is 0 Å². The molecule has 1 saturated heterocycles. The van der Waals surface area contributed by atoms with Gasteiger partial charge in [-0.1, -0.05) is 0 Å². The van der Waals surface area contributed by atoms with E-state index in [-0.39, 0.29) is 5.91 Å². The van der Waals surface area contributed by atoms with Gasteiger partial charge in [0.25, 0.3) is 0 Å². The molecule has 29 heavy (non-hydrogen) atoms. The van der Waals surface area contributed by atoms with Crippen molar-refractivity contribution < 1.29 is 4.79 Å². The summed E-state index contributed by atoms with van der Waals surface area (Å²) >= 11 is 0. The van der Waals surface area contributed by atoms with Gasteiger partial charge in [-0.15, -0.1) is 0 Å². The molecule has 1 aliphatic heterocycles. The SMILES string of the molecule is [B]=C1CCC(NCCc2ccncc2)C/C1=C(/NCCC)C(=O)N1CCCCC1. The average molecular weight is 393 g/mol. The predicted molar refractivity (Wildman–Crippen MR) is 120 cm³/mol. The zero-order valence-electron chi connectivity index (χ0n) is 17.8. The molecule has 1 aromatic rings. The Morgan fingerprint density at radius 1 is 1.21 bits per heavy atom. The number of nitrogens with zero attached hydrogens (tertiary/aromatic N) is 2. The Bertz CT molecular complexity index is 713. The monoisotopic (exact) mass is 393 g/mol. The fourth-order valence-corrected chi connectivity index (χ4v) is 4.18. The number of pyridine rings is 1. The first-order valence-corrected chi connectivity index (χ1v) is 11.2. The summed E-state index contributed by atoms with van der Waals surface area (Å²) in [5, 5.41) is 7.10. The summed E-state index contributed by atoms with van der Waals surface area (Å²) in [6, 6.07) is 4.47. The third-order valence-electron chi connectivity index (χ3n) is 5.91. The number of nitrogens with one attached hydrogen (secondary N) is 2. The van der Waals surface area contributed by atoms with E-state index in [0.29, 0.717) is 6.04 Å². The Hall–Kier alpha value is -1.95. The van der Waals surface area contributed by atoms with Crippen molar-refractivity contribution in [2.45, 2.75) is 64.3 Å². The second-order valence-corrected chi connectivity index (χ2v) is 8.16. The summed E-state index contributed by atoms with van der Waals surface area (Å²) in [5.74, 6) is 0.133. The predicted octanol–water partition coefficient (Wildman–Crippen LogP) is 2.37. The number of likely N-dealkylation sites (tertiary alicyclic amines) is 1. The molecule has 0 bridgehead atoms. The fraction of sp³-hybridized carbons (Fsp3) is 0.609. The molecule has 1 aromatic heterocycles. The van der Waals surface area contributed by atoms with Crippen LogP contribution in [0.2, 0.25) is 0 Å². The van der Waals surface area contributed by atoms with E-state index < -0.39 is 0 Å². The van der Waals surface area contributed by atoms with E-state index in [1.54, 1.807) is 0 Å². The zero-order chi connectivity index (χ0) is 20.5. The summed E-state index contributed by atoms with van der Waals surface area (Å²) < 4.78 is 0. The molecule has 1 radical (unpaired) electrons. The first-order valence-electron chi connectivity index (χ1n) is 11.2. The molecule has 1 amide bonds. The number of aromatic nitrogens is 1. The van der Waals surface area contributed by atoms with Crippen molar-refractivity contribution >= 4 is 18.9 Å². The summed E-state index contributed by atoms with van der Waals surface area (Å²) in [6.45, 7) is 5.55. The van der Waals surface area contributed by atoms with Gasteiger partial charge in [0, 0.05) is 0 Å². The molecule has 3 rings (SSSR count). The van der Waals surface area contributed by atoms with Crippen LogP contribution >= 0.6 is 0 Å². The van der Waals surface area contributed by atoms with Gasteiger partial charge in [-0.25, -0.2) is 0 Å². The van der Waals surface area contributed by atoms with Gasteiger partial charge >= 0.3 is 176 Å². The van der Waals surface area contributed by atoms with Crippen LogP contribution in [0.4, 0.5) is 0 Å². The molecule has 5 nitrogen and oxygen atoms in total. The molecule has 2 aliphatic rings. The van der Waals surface area contributed by atoms with Crippen LogP contribution in [-0.4, -0.2) is 61.0 Å². The van der Waals surface area contributed by atoms with E-state index in [0.717, 1.165) is 87.9 Å². The molecule has 6 heteroatoms. The third kappa shape index (κ3) is 6.27.